The Balaban J connectivity index is 1.85. The van der Waals surface area contributed by atoms with Crippen molar-refractivity contribution < 1.29 is 9.90 Å². The molecule has 0 radical (unpaired) electrons. The quantitative estimate of drug-likeness (QED) is 0.831. The molecule has 0 aliphatic heterocycles. The average Bonchev–Trinajstić information content (AvgIpc) is 2.83. The summed E-state index contributed by atoms with van der Waals surface area (Å²) in [5, 5.41) is 13.7. The first-order valence-corrected chi connectivity index (χ1v) is 5.86. The molecule has 0 unspecified atom stereocenters. The molecular weight excluding hydrogens is 240 g/mol. The minimum atomic E-state index is -1.08. The molecule has 0 atom stereocenters. The summed E-state index contributed by atoms with van der Waals surface area (Å²) in [5.74, 6) is -0.517. The van der Waals surface area contributed by atoms with E-state index in [4.69, 9.17) is 5.11 Å². The summed E-state index contributed by atoms with van der Waals surface area (Å²) in [5.41, 5.74) is 2.75. The fourth-order valence-corrected chi connectivity index (χ4v) is 1.80. The van der Waals surface area contributed by atoms with Gasteiger partial charge in [-0.1, -0.05) is 0 Å². The summed E-state index contributed by atoms with van der Waals surface area (Å²) in [6, 6.07) is 0. The fourth-order valence-electron chi connectivity index (χ4n) is 1.21. The van der Waals surface area contributed by atoms with Crippen LogP contribution in [0.25, 0.3) is 0 Å². The van der Waals surface area contributed by atoms with E-state index in [1.807, 2.05) is 5.38 Å². The van der Waals surface area contributed by atoms with Crippen LogP contribution in [0.2, 0.25) is 0 Å². The molecule has 7 heteroatoms. The van der Waals surface area contributed by atoms with Gasteiger partial charge in [0.25, 0.3) is 0 Å². The lowest BCUT2D eigenvalue weighted by molar-refractivity contribution is 0.0690. The Labute approximate surface area is 101 Å². The number of hydrogen-bond donors (Lipinski definition) is 2. The topological polar surface area (TPSA) is 88.0 Å². The van der Waals surface area contributed by atoms with Crippen LogP contribution in [0.4, 0.5) is 5.82 Å². The molecule has 0 saturated carbocycles. The van der Waals surface area contributed by atoms with Crippen molar-refractivity contribution in [2.75, 3.05) is 11.9 Å². The lowest BCUT2D eigenvalue weighted by atomic mass is 10.3. The molecule has 0 aliphatic rings. The largest absolute Gasteiger partial charge is 0.476 e. The van der Waals surface area contributed by atoms with Crippen LogP contribution in [0.3, 0.4) is 0 Å². The predicted molar refractivity (Wildman–Crippen MR) is 63.3 cm³/mol. The number of carboxylic acid groups (broad SMARTS) is 1. The van der Waals surface area contributed by atoms with Gasteiger partial charge in [-0.05, 0) is 0 Å². The number of aromatic carboxylic acids is 1. The molecule has 0 spiro atoms. The van der Waals surface area contributed by atoms with Gasteiger partial charge in [-0.3, -0.25) is 0 Å². The van der Waals surface area contributed by atoms with Crippen molar-refractivity contribution in [3.8, 4) is 0 Å². The number of anilines is 1. The Morgan fingerprint density at radius 2 is 2.24 bits per heavy atom. The number of aromatic nitrogens is 3. The number of thiazole rings is 1. The van der Waals surface area contributed by atoms with E-state index in [0.717, 1.165) is 12.1 Å². The van der Waals surface area contributed by atoms with E-state index < -0.39 is 5.97 Å². The second-order valence-electron chi connectivity index (χ2n) is 3.25. The van der Waals surface area contributed by atoms with Gasteiger partial charge in [-0.2, -0.15) is 0 Å². The van der Waals surface area contributed by atoms with Gasteiger partial charge in [0.2, 0.25) is 0 Å². The van der Waals surface area contributed by atoms with Gasteiger partial charge in [0.1, 0.15) is 5.82 Å². The van der Waals surface area contributed by atoms with Gasteiger partial charge in [-0.25, -0.2) is 19.7 Å². The molecular formula is C10H10N4O2S. The van der Waals surface area contributed by atoms with Crippen molar-refractivity contribution in [2.45, 2.75) is 6.42 Å². The van der Waals surface area contributed by atoms with E-state index in [2.05, 4.69) is 20.3 Å². The van der Waals surface area contributed by atoms with Crippen molar-refractivity contribution in [1.29, 1.82) is 0 Å². The van der Waals surface area contributed by atoms with Crippen molar-refractivity contribution in [1.82, 2.24) is 15.0 Å². The smallest absolute Gasteiger partial charge is 0.356 e. The molecule has 6 nitrogen and oxygen atoms in total. The molecule has 0 amide bonds. The highest BCUT2D eigenvalue weighted by Gasteiger charge is 2.04. The summed E-state index contributed by atoms with van der Waals surface area (Å²) in [6.45, 7) is 0.685. The zero-order chi connectivity index (χ0) is 12.1. The lowest BCUT2D eigenvalue weighted by Crippen LogP contribution is -2.08. The molecule has 0 aromatic carbocycles. The van der Waals surface area contributed by atoms with Gasteiger partial charge >= 0.3 is 5.97 Å². The third-order valence-electron chi connectivity index (χ3n) is 2.04. The van der Waals surface area contributed by atoms with Gasteiger partial charge in [-0.15, -0.1) is 11.3 Å². The monoisotopic (exact) mass is 250 g/mol. The van der Waals surface area contributed by atoms with Crippen LogP contribution in [0.5, 0.6) is 0 Å². The van der Waals surface area contributed by atoms with Crippen LogP contribution in [0.15, 0.2) is 23.3 Å². The van der Waals surface area contributed by atoms with Gasteiger partial charge in [0, 0.05) is 18.3 Å². The molecule has 2 N–H and O–H groups in total. The Bertz CT molecular complexity index is 484. The minimum Gasteiger partial charge on any atom is -0.476 e. The molecule has 0 bridgehead atoms. The van der Waals surface area contributed by atoms with Crippen LogP contribution in [-0.2, 0) is 6.42 Å². The minimum absolute atomic E-state index is 0.0601. The maximum Gasteiger partial charge on any atom is 0.356 e. The molecule has 0 aliphatic carbocycles. The summed E-state index contributed by atoms with van der Waals surface area (Å²) >= 11 is 1.56. The number of carbonyl (C=O) groups is 1. The van der Waals surface area contributed by atoms with Crippen LogP contribution in [0.1, 0.15) is 16.2 Å². The van der Waals surface area contributed by atoms with E-state index in [9.17, 15) is 4.79 Å². The van der Waals surface area contributed by atoms with E-state index in [1.165, 1.54) is 12.4 Å². The maximum absolute atomic E-state index is 10.6. The van der Waals surface area contributed by atoms with Crippen LogP contribution >= 0.6 is 11.3 Å². The second kappa shape index (κ2) is 5.35. The van der Waals surface area contributed by atoms with Crippen molar-refractivity contribution >= 4 is 23.1 Å². The molecule has 2 heterocycles. The highest BCUT2D eigenvalue weighted by atomic mass is 32.1. The first-order valence-electron chi connectivity index (χ1n) is 4.92. The highest BCUT2D eigenvalue weighted by Crippen LogP contribution is 2.04. The third-order valence-corrected chi connectivity index (χ3v) is 2.68. The summed E-state index contributed by atoms with van der Waals surface area (Å²) in [4.78, 5) is 22.4. The molecule has 2 aromatic heterocycles. The van der Waals surface area contributed by atoms with Gasteiger partial charge in [0.15, 0.2) is 5.69 Å². The number of rotatable bonds is 5. The lowest BCUT2D eigenvalue weighted by Gasteiger charge is -2.03. The van der Waals surface area contributed by atoms with Crippen LogP contribution < -0.4 is 5.32 Å². The molecule has 2 aromatic rings. The predicted octanol–water partition coefficient (Wildman–Crippen LogP) is 1.29. The molecule has 17 heavy (non-hydrogen) atoms. The normalized spacial score (nSPS) is 10.1. The highest BCUT2D eigenvalue weighted by molar-refractivity contribution is 7.07. The standard InChI is InChI=1S/C10H10N4O2S/c15-10(16)8-3-13-9(4-12-8)11-2-1-7-5-17-6-14-7/h3-6H,1-2H2,(H,11,13)(H,15,16). The van der Waals surface area contributed by atoms with Crippen molar-refractivity contribution in [3.05, 3.63) is 34.7 Å². The first kappa shape index (κ1) is 11.5. The maximum atomic E-state index is 10.6. The van der Waals surface area contributed by atoms with Gasteiger partial charge < -0.3 is 10.4 Å². The molecule has 0 saturated heterocycles. The van der Waals surface area contributed by atoms with E-state index in [0.29, 0.717) is 12.4 Å². The summed E-state index contributed by atoms with van der Waals surface area (Å²) < 4.78 is 0. The summed E-state index contributed by atoms with van der Waals surface area (Å²) in [7, 11) is 0. The third kappa shape index (κ3) is 3.22. The SMILES string of the molecule is O=C(O)c1cnc(NCCc2cscn2)cn1. The molecule has 2 rings (SSSR count). The van der Waals surface area contributed by atoms with Crippen molar-refractivity contribution in [2.24, 2.45) is 0 Å². The Hall–Kier alpha value is -2.02. The number of hydrogen-bond acceptors (Lipinski definition) is 6. The second-order valence-corrected chi connectivity index (χ2v) is 3.97. The number of carboxylic acids is 1. The number of nitrogens with one attached hydrogen (secondary N) is 1. The number of nitrogens with zero attached hydrogens (tertiary/aromatic N) is 3. The summed E-state index contributed by atoms with van der Waals surface area (Å²) in [6.07, 6.45) is 3.43. The Morgan fingerprint density at radius 1 is 1.35 bits per heavy atom. The van der Waals surface area contributed by atoms with E-state index in [1.54, 1.807) is 16.8 Å². The Kier molecular flexibility index (Phi) is 3.61. The van der Waals surface area contributed by atoms with Crippen molar-refractivity contribution in [3.63, 3.8) is 0 Å². The zero-order valence-corrected chi connectivity index (χ0v) is 9.65. The van der Waals surface area contributed by atoms with Crippen LogP contribution in [0, 0.1) is 0 Å². The molecule has 88 valence electrons. The Morgan fingerprint density at radius 3 is 2.82 bits per heavy atom. The first-order chi connectivity index (χ1) is 8.25. The fraction of sp³-hybridized carbons (Fsp3) is 0.200. The average molecular weight is 250 g/mol. The zero-order valence-electron chi connectivity index (χ0n) is 8.83. The van der Waals surface area contributed by atoms with E-state index in [-0.39, 0.29) is 5.69 Å². The van der Waals surface area contributed by atoms with E-state index >= 15 is 0 Å². The van der Waals surface area contributed by atoms with Gasteiger partial charge in [0.05, 0.1) is 23.6 Å². The molecule has 0 fully saturated rings. The van der Waals surface area contributed by atoms with Crippen LogP contribution in [-0.4, -0.2) is 32.6 Å².